The second-order valence-corrected chi connectivity index (χ2v) is 7.33. The minimum atomic E-state index is -1.40. The molecule has 0 spiro atoms. The van der Waals surface area contributed by atoms with Gasteiger partial charge in [0.15, 0.2) is 5.54 Å². The van der Waals surface area contributed by atoms with Crippen molar-refractivity contribution in [2.75, 3.05) is 6.61 Å². The molecule has 2 unspecified atom stereocenters. The van der Waals surface area contributed by atoms with Gasteiger partial charge in [-0.05, 0) is 24.5 Å². The quantitative estimate of drug-likeness (QED) is 0.508. The second-order valence-electron chi connectivity index (χ2n) is 7.33. The molecule has 0 aromatic heterocycles. The Balaban J connectivity index is 1.98. The summed E-state index contributed by atoms with van der Waals surface area (Å²) >= 11 is 0. The zero-order chi connectivity index (χ0) is 20.9. The van der Waals surface area contributed by atoms with Crippen molar-refractivity contribution in [2.45, 2.75) is 44.9 Å². The number of amides is 2. The van der Waals surface area contributed by atoms with Crippen molar-refractivity contribution in [1.29, 1.82) is 0 Å². The minimum absolute atomic E-state index is 0.215. The lowest BCUT2D eigenvalue weighted by atomic mass is 9.92. The summed E-state index contributed by atoms with van der Waals surface area (Å²) in [6.07, 6.45) is 1.34. The van der Waals surface area contributed by atoms with Crippen LogP contribution < -0.4 is 0 Å². The third-order valence-electron chi connectivity index (χ3n) is 5.31. The zero-order valence-electron chi connectivity index (χ0n) is 16.8. The van der Waals surface area contributed by atoms with Gasteiger partial charge in [0.05, 0.1) is 6.61 Å². The maximum absolute atomic E-state index is 13.4. The van der Waals surface area contributed by atoms with Crippen LogP contribution in [-0.4, -0.2) is 46.3 Å². The molecule has 1 heterocycles. The van der Waals surface area contributed by atoms with Crippen LogP contribution in [0.5, 0.6) is 0 Å². The highest BCUT2D eigenvalue weighted by atomic mass is 16.5. The Labute approximate surface area is 171 Å². The van der Waals surface area contributed by atoms with Crippen molar-refractivity contribution in [3.05, 3.63) is 71.8 Å². The van der Waals surface area contributed by atoms with Crippen LogP contribution >= 0.6 is 0 Å². The largest absolute Gasteiger partial charge is 0.464 e. The van der Waals surface area contributed by atoms with Gasteiger partial charge in [0.2, 0.25) is 0 Å². The van der Waals surface area contributed by atoms with Crippen LogP contribution in [-0.2, 0) is 27.4 Å². The van der Waals surface area contributed by atoms with Gasteiger partial charge >= 0.3 is 12.0 Å². The summed E-state index contributed by atoms with van der Waals surface area (Å²) in [6.45, 7) is 4.22. The molecule has 29 heavy (non-hydrogen) atoms. The van der Waals surface area contributed by atoms with Crippen LogP contribution in [0.25, 0.3) is 0 Å². The lowest BCUT2D eigenvalue weighted by Gasteiger charge is -2.33. The number of carbonyl (C=O) groups is 3. The fourth-order valence-electron chi connectivity index (χ4n) is 3.66. The van der Waals surface area contributed by atoms with Gasteiger partial charge in [0.1, 0.15) is 12.3 Å². The molecule has 1 aliphatic heterocycles. The Hall–Kier alpha value is -3.15. The van der Waals surface area contributed by atoms with Crippen molar-refractivity contribution in [3.8, 4) is 0 Å². The number of hydrogen-bond donors (Lipinski definition) is 0. The van der Waals surface area contributed by atoms with Crippen LogP contribution in [0.3, 0.4) is 0 Å². The van der Waals surface area contributed by atoms with E-state index in [1.165, 1.54) is 9.80 Å². The molecule has 0 radical (unpaired) electrons. The van der Waals surface area contributed by atoms with Gasteiger partial charge in [0.25, 0.3) is 0 Å². The van der Waals surface area contributed by atoms with E-state index in [-0.39, 0.29) is 25.7 Å². The Morgan fingerprint density at radius 3 is 2.10 bits per heavy atom. The first-order chi connectivity index (χ1) is 14.0. The predicted octanol–water partition coefficient (Wildman–Crippen LogP) is 3.40. The van der Waals surface area contributed by atoms with Gasteiger partial charge in [-0.3, -0.25) is 0 Å². The molecule has 6 heteroatoms. The van der Waals surface area contributed by atoms with Gasteiger partial charge in [-0.1, -0.05) is 67.6 Å². The molecule has 1 fully saturated rings. The number of hydrogen-bond acceptors (Lipinski definition) is 4. The zero-order valence-corrected chi connectivity index (χ0v) is 16.8. The van der Waals surface area contributed by atoms with E-state index in [9.17, 15) is 14.4 Å². The first-order valence-corrected chi connectivity index (χ1v) is 9.81. The highest BCUT2D eigenvalue weighted by Gasteiger charge is 2.59. The number of urea groups is 1. The lowest BCUT2D eigenvalue weighted by Crippen LogP contribution is -2.56. The fourth-order valence-corrected chi connectivity index (χ4v) is 3.66. The molecular weight excluding hydrogens is 368 g/mol. The van der Waals surface area contributed by atoms with E-state index in [2.05, 4.69) is 0 Å². The highest BCUT2D eigenvalue weighted by molar-refractivity contribution is 5.97. The van der Waals surface area contributed by atoms with Crippen LogP contribution in [0, 0.1) is 0 Å². The van der Waals surface area contributed by atoms with Gasteiger partial charge in [-0.2, -0.15) is 0 Å². The molecule has 3 rings (SSSR count). The molecule has 0 aliphatic carbocycles. The Morgan fingerprint density at radius 2 is 1.59 bits per heavy atom. The minimum Gasteiger partial charge on any atom is -0.464 e. The van der Waals surface area contributed by atoms with Crippen molar-refractivity contribution >= 4 is 18.3 Å². The van der Waals surface area contributed by atoms with Crippen LogP contribution in [0.15, 0.2) is 60.7 Å². The smallest absolute Gasteiger partial charge is 0.334 e. The monoisotopic (exact) mass is 394 g/mol. The number of esters is 1. The molecule has 1 saturated heterocycles. The second kappa shape index (κ2) is 8.90. The summed E-state index contributed by atoms with van der Waals surface area (Å²) in [5, 5.41) is 0. The maximum Gasteiger partial charge on any atom is 0.334 e. The van der Waals surface area contributed by atoms with E-state index < -0.39 is 17.6 Å². The fraction of sp³-hybridized carbons (Fsp3) is 0.348. The summed E-state index contributed by atoms with van der Waals surface area (Å²) < 4.78 is 5.41. The average molecular weight is 394 g/mol. The summed E-state index contributed by atoms with van der Waals surface area (Å²) in [6, 6.07) is 17.5. The van der Waals surface area contributed by atoms with E-state index in [1.54, 1.807) is 6.92 Å². The summed E-state index contributed by atoms with van der Waals surface area (Å²) in [5.41, 5.74) is 0.360. The lowest BCUT2D eigenvalue weighted by molar-refractivity contribution is -0.157. The average Bonchev–Trinajstić information content (AvgIpc) is 2.95. The standard InChI is InChI=1S/C23H26N2O4/c1-3-14-29-21(27)23(2)20(17-26)24(15-18-10-6-4-7-11-18)22(28)25(23)16-19-12-8-5-9-13-19/h4-13,17,20H,3,14-16H2,1-2H3. The first kappa shape index (κ1) is 20.6. The molecule has 152 valence electrons. The molecule has 2 atom stereocenters. The van der Waals surface area contributed by atoms with E-state index in [4.69, 9.17) is 4.74 Å². The van der Waals surface area contributed by atoms with Crippen LogP contribution in [0.2, 0.25) is 0 Å². The molecule has 2 aromatic carbocycles. The first-order valence-electron chi connectivity index (χ1n) is 9.81. The number of rotatable bonds is 8. The van der Waals surface area contributed by atoms with Crippen LogP contribution in [0.1, 0.15) is 31.4 Å². The van der Waals surface area contributed by atoms with E-state index >= 15 is 0 Å². The van der Waals surface area contributed by atoms with Gasteiger partial charge < -0.3 is 19.3 Å². The third-order valence-corrected chi connectivity index (χ3v) is 5.31. The molecule has 0 saturated carbocycles. The third kappa shape index (κ3) is 4.01. The normalized spacial score (nSPS) is 21.3. The van der Waals surface area contributed by atoms with E-state index in [0.29, 0.717) is 12.7 Å². The molecule has 0 N–H and O–H groups in total. The van der Waals surface area contributed by atoms with Gasteiger partial charge in [-0.15, -0.1) is 0 Å². The van der Waals surface area contributed by atoms with Gasteiger partial charge in [-0.25, -0.2) is 9.59 Å². The van der Waals surface area contributed by atoms with Crippen molar-refractivity contribution in [3.63, 3.8) is 0 Å². The number of carbonyl (C=O) groups excluding carboxylic acids is 3. The summed E-state index contributed by atoms with van der Waals surface area (Å²) in [5.74, 6) is -0.559. The van der Waals surface area contributed by atoms with E-state index in [1.807, 2.05) is 67.6 Å². The molecule has 2 amide bonds. The SMILES string of the molecule is CCCOC(=O)C1(C)C(C=O)N(Cc2ccccc2)C(=O)N1Cc1ccccc1. The molecule has 0 bridgehead atoms. The number of aldehydes is 1. The Kier molecular flexibility index (Phi) is 6.32. The van der Waals surface area contributed by atoms with Crippen molar-refractivity contribution in [2.24, 2.45) is 0 Å². The number of nitrogens with zero attached hydrogens (tertiary/aromatic N) is 2. The highest BCUT2D eigenvalue weighted by Crippen LogP contribution is 2.36. The number of ether oxygens (including phenoxy) is 1. The predicted molar refractivity (Wildman–Crippen MR) is 109 cm³/mol. The summed E-state index contributed by atoms with van der Waals surface area (Å²) in [4.78, 5) is 41.4. The van der Waals surface area contributed by atoms with E-state index in [0.717, 1.165) is 11.1 Å². The molecule has 2 aromatic rings. The topological polar surface area (TPSA) is 66.9 Å². The molecular formula is C23H26N2O4. The number of benzene rings is 2. The van der Waals surface area contributed by atoms with Crippen LogP contribution in [0.4, 0.5) is 4.79 Å². The Morgan fingerprint density at radius 1 is 1.03 bits per heavy atom. The van der Waals surface area contributed by atoms with Crippen molar-refractivity contribution in [1.82, 2.24) is 9.80 Å². The van der Waals surface area contributed by atoms with Crippen molar-refractivity contribution < 1.29 is 19.1 Å². The molecule has 6 nitrogen and oxygen atoms in total. The Bertz CT molecular complexity index is 856. The van der Waals surface area contributed by atoms with Gasteiger partial charge in [0, 0.05) is 13.1 Å². The summed E-state index contributed by atoms with van der Waals surface area (Å²) in [7, 11) is 0. The maximum atomic E-state index is 13.4. The molecule has 1 aliphatic rings.